The third kappa shape index (κ3) is 1.34. The van der Waals surface area contributed by atoms with E-state index in [-0.39, 0.29) is 41.3 Å². The van der Waals surface area contributed by atoms with E-state index in [2.05, 4.69) is 12.2 Å². The summed E-state index contributed by atoms with van der Waals surface area (Å²) in [7, 11) is 0. The van der Waals surface area contributed by atoms with Crippen molar-refractivity contribution in [1.82, 2.24) is 0 Å². The maximum Gasteiger partial charge on any atom is 0.238 e. The molecule has 0 aromatic heterocycles. The number of anilines is 1. The fourth-order valence-corrected chi connectivity index (χ4v) is 3.88. The average molecular weight is 271 g/mol. The summed E-state index contributed by atoms with van der Waals surface area (Å²) in [6.45, 7) is 1.66. The molecule has 0 spiro atoms. The van der Waals surface area contributed by atoms with E-state index in [0.717, 1.165) is 6.42 Å². The van der Waals surface area contributed by atoms with E-state index in [9.17, 15) is 14.0 Å². The van der Waals surface area contributed by atoms with Crippen LogP contribution in [0.25, 0.3) is 0 Å². The van der Waals surface area contributed by atoms with E-state index in [1.807, 2.05) is 0 Å². The number of fused-ring (bicyclic) bond motifs is 5. The van der Waals surface area contributed by atoms with Crippen molar-refractivity contribution in [1.29, 1.82) is 0 Å². The quantitative estimate of drug-likeness (QED) is 0.581. The van der Waals surface area contributed by atoms with Gasteiger partial charge in [0.25, 0.3) is 0 Å². The maximum atomic E-state index is 13.7. The van der Waals surface area contributed by atoms with E-state index in [1.54, 1.807) is 19.1 Å². The second-order valence-corrected chi connectivity index (χ2v) is 5.95. The molecule has 3 nitrogen and oxygen atoms in total. The fourth-order valence-electron chi connectivity index (χ4n) is 3.88. The van der Waals surface area contributed by atoms with Gasteiger partial charge in [0.2, 0.25) is 11.8 Å². The molecule has 20 heavy (non-hydrogen) atoms. The molecule has 4 atom stereocenters. The lowest BCUT2D eigenvalue weighted by Crippen LogP contribution is -2.32. The van der Waals surface area contributed by atoms with Crippen LogP contribution in [0, 0.1) is 36.4 Å². The molecule has 1 saturated heterocycles. The second-order valence-electron chi connectivity index (χ2n) is 5.95. The summed E-state index contributed by atoms with van der Waals surface area (Å²) in [6.07, 6.45) is 5.01. The van der Waals surface area contributed by atoms with Crippen molar-refractivity contribution >= 4 is 17.5 Å². The maximum absolute atomic E-state index is 13.7. The predicted octanol–water partition coefficient (Wildman–Crippen LogP) is 2.45. The lowest BCUT2D eigenvalue weighted by atomic mass is 9.85. The molecule has 0 radical (unpaired) electrons. The Morgan fingerprint density at radius 2 is 1.70 bits per heavy atom. The second kappa shape index (κ2) is 3.78. The first-order chi connectivity index (χ1) is 9.58. The van der Waals surface area contributed by atoms with Gasteiger partial charge in [-0.2, -0.15) is 0 Å². The minimum absolute atomic E-state index is 0.167. The first kappa shape index (κ1) is 11.8. The highest BCUT2D eigenvalue weighted by Gasteiger charge is 2.59. The number of carbonyl (C=O) groups excluding carboxylic acids is 2. The lowest BCUT2D eigenvalue weighted by Gasteiger charge is -2.17. The molecule has 0 N–H and O–H groups in total. The van der Waals surface area contributed by atoms with Crippen molar-refractivity contribution in [2.24, 2.45) is 23.7 Å². The van der Waals surface area contributed by atoms with Gasteiger partial charge in [0.1, 0.15) is 5.82 Å². The van der Waals surface area contributed by atoms with Crippen LogP contribution in [0.4, 0.5) is 10.1 Å². The van der Waals surface area contributed by atoms with Gasteiger partial charge >= 0.3 is 0 Å². The van der Waals surface area contributed by atoms with Gasteiger partial charge in [-0.1, -0.05) is 18.2 Å². The number of benzene rings is 1. The summed E-state index contributed by atoms with van der Waals surface area (Å²) in [5.41, 5.74) is 0.867. The first-order valence-electron chi connectivity index (χ1n) is 6.90. The van der Waals surface area contributed by atoms with Crippen molar-refractivity contribution in [3.05, 3.63) is 41.7 Å². The monoisotopic (exact) mass is 271 g/mol. The molecular formula is C16H14FNO2. The molecule has 102 valence electrons. The molecule has 1 aromatic carbocycles. The highest BCUT2D eigenvalue weighted by atomic mass is 19.1. The summed E-state index contributed by atoms with van der Waals surface area (Å²) < 4.78 is 13.7. The molecular weight excluding hydrogens is 257 g/mol. The number of hydrogen-bond acceptors (Lipinski definition) is 2. The molecule has 2 amide bonds. The van der Waals surface area contributed by atoms with Gasteiger partial charge in [-0.25, -0.2) is 9.29 Å². The van der Waals surface area contributed by atoms with Gasteiger partial charge in [0.05, 0.1) is 17.5 Å². The summed E-state index contributed by atoms with van der Waals surface area (Å²) in [6, 6.07) is 4.53. The molecule has 1 aliphatic heterocycles. The van der Waals surface area contributed by atoms with Crippen molar-refractivity contribution < 1.29 is 14.0 Å². The van der Waals surface area contributed by atoms with Gasteiger partial charge in [0, 0.05) is 0 Å². The minimum atomic E-state index is -0.388. The van der Waals surface area contributed by atoms with Crippen molar-refractivity contribution in [2.45, 2.75) is 13.3 Å². The Hall–Kier alpha value is -1.97. The molecule has 4 rings (SSSR count). The van der Waals surface area contributed by atoms with Crippen LogP contribution < -0.4 is 4.90 Å². The minimum Gasteiger partial charge on any atom is -0.274 e. The van der Waals surface area contributed by atoms with Gasteiger partial charge in [-0.15, -0.1) is 0 Å². The highest BCUT2D eigenvalue weighted by molar-refractivity contribution is 6.22. The van der Waals surface area contributed by atoms with Crippen LogP contribution in [0.1, 0.15) is 12.0 Å². The zero-order chi connectivity index (χ0) is 14.0. The predicted molar refractivity (Wildman–Crippen MR) is 71.3 cm³/mol. The smallest absolute Gasteiger partial charge is 0.238 e. The number of nitrogens with zero attached hydrogens (tertiary/aromatic N) is 1. The Bertz CT molecular complexity index is 636. The number of carbonyl (C=O) groups is 2. The molecule has 3 aliphatic rings. The first-order valence-corrected chi connectivity index (χ1v) is 6.90. The number of halogens is 1. The Labute approximate surface area is 116 Å². The lowest BCUT2D eigenvalue weighted by molar-refractivity contribution is -0.123. The van der Waals surface area contributed by atoms with Crippen LogP contribution in [0.15, 0.2) is 30.4 Å². The number of imide groups is 1. The van der Waals surface area contributed by atoms with Crippen LogP contribution in [0.5, 0.6) is 0 Å². The molecule has 2 fully saturated rings. The van der Waals surface area contributed by atoms with Crippen LogP contribution in [0.3, 0.4) is 0 Å². The summed E-state index contributed by atoms with van der Waals surface area (Å²) in [5, 5.41) is 0. The number of rotatable bonds is 1. The number of aryl methyl sites for hydroxylation is 1. The highest BCUT2D eigenvalue weighted by Crippen LogP contribution is 2.53. The van der Waals surface area contributed by atoms with Gasteiger partial charge < -0.3 is 0 Å². The third-order valence-electron chi connectivity index (χ3n) is 4.88. The Balaban J connectivity index is 1.76. The molecule has 1 saturated carbocycles. The standard InChI is InChI=1S/C16H14FNO2/c1-8-2-5-11(7-12(8)17)18-15(19)13-9-3-4-10(6-9)14(13)16(18)20/h2-5,7,9-10,13-14H,6H2,1H3/t9-,10-,13+,14+/m0/s1. The Morgan fingerprint density at radius 3 is 2.25 bits per heavy atom. The molecule has 2 aliphatic carbocycles. The van der Waals surface area contributed by atoms with Gasteiger partial charge in [0.15, 0.2) is 0 Å². The molecule has 1 aromatic rings. The Kier molecular flexibility index (Phi) is 2.23. The molecule has 0 unspecified atom stereocenters. The van der Waals surface area contributed by atoms with Crippen molar-refractivity contribution in [3.8, 4) is 0 Å². The van der Waals surface area contributed by atoms with E-state index < -0.39 is 0 Å². The van der Waals surface area contributed by atoms with Crippen molar-refractivity contribution in [3.63, 3.8) is 0 Å². The molecule has 2 bridgehead atoms. The molecule has 1 heterocycles. The average Bonchev–Trinajstić information content (AvgIpc) is 3.08. The fraction of sp³-hybridized carbons (Fsp3) is 0.375. The third-order valence-corrected chi connectivity index (χ3v) is 4.88. The van der Waals surface area contributed by atoms with Crippen molar-refractivity contribution in [2.75, 3.05) is 4.90 Å². The van der Waals surface area contributed by atoms with Crippen LogP contribution in [0.2, 0.25) is 0 Å². The number of amides is 2. The topological polar surface area (TPSA) is 37.4 Å². The molecule has 4 heteroatoms. The van der Waals surface area contributed by atoms with Crippen LogP contribution >= 0.6 is 0 Å². The van der Waals surface area contributed by atoms with E-state index in [1.165, 1.54) is 11.0 Å². The van der Waals surface area contributed by atoms with Gasteiger partial charge in [-0.3, -0.25) is 9.59 Å². The zero-order valence-electron chi connectivity index (χ0n) is 11.0. The summed E-state index contributed by atoms with van der Waals surface area (Å²) in [4.78, 5) is 26.2. The number of hydrogen-bond donors (Lipinski definition) is 0. The van der Waals surface area contributed by atoms with E-state index >= 15 is 0 Å². The normalized spacial score (nSPS) is 34.2. The Morgan fingerprint density at radius 1 is 1.10 bits per heavy atom. The van der Waals surface area contributed by atoms with E-state index in [0.29, 0.717) is 11.3 Å². The van der Waals surface area contributed by atoms with Crippen LogP contribution in [-0.2, 0) is 9.59 Å². The number of allylic oxidation sites excluding steroid dienone is 2. The van der Waals surface area contributed by atoms with Gasteiger partial charge in [-0.05, 0) is 42.9 Å². The zero-order valence-corrected chi connectivity index (χ0v) is 11.0. The SMILES string of the molecule is Cc1ccc(N2C(=O)[C@H]3[C@H](C2=O)[C@H]2C=C[C@H]3C2)cc1F. The largest absolute Gasteiger partial charge is 0.274 e. The summed E-state index contributed by atoms with van der Waals surface area (Å²) >= 11 is 0. The summed E-state index contributed by atoms with van der Waals surface area (Å²) in [5.74, 6) is -0.825. The van der Waals surface area contributed by atoms with Crippen LogP contribution in [-0.4, -0.2) is 11.8 Å². The van der Waals surface area contributed by atoms with E-state index in [4.69, 9.17) is 0 Å².